The molecular formula is C21H18N6O5S. The van der Waals surface area contributed by atoms with Crippen molar-refractivity contribution in [1.29, 1.82) is 0 Å². The third-order valence-electron chi connectivity index (χ3n) is 5.03. The van der Waals surface area contributed by atoms with Crippen LogP contribution in [0.3, 0.4) is 0 Å². The molecule has 0 saturated carbocycles. The summed E-state index contributed by atoms with van der Waals surface area (Å²) in [5.41, 5.74) is 1.05. The number of rotatable bonds is 7. The monoisotopic (exact) mass is 466 g/mol. The van der Waals surface area contributed by atoms with Gasteiger partial charge >= 0.3 is 0 Å². The van der Waals surface area contributed by atoms with Crippen molar-refractivity contribution in [3.63, 3.8) is 0 Å². The van der Waals surface area contributed by atoms with Crippen LogP contribution in [-0.2, 0) is 6.42 Å². The molecule has 0 spiro atoms. The van der Waals surface area contributed by atoms with Gasteiger partial charge in [0.15, 0.2) is 0 Å². The van der Waals surface area contributed by atoms with Crippen LogP contribution in [0.25, 0.3) is 0 Å². The van der Waals surface area contributed by atoms with Gasteiger partial charge in [-0.1, -0.05) is 23.5 Å². The molecular weight excluding hydrogens is 448 g/mol. The van der Waals surface area contributed by atoms with E-state index in [1.807, 2.05) is 0 Å². The van der Waals surface area contributed by atoms with E-state index in [1.54, 1.807) is 43.3 Å². The number of nitro benzene ring substituents is 1. The maximum absolute atomic E-state index is 12.6. The summed E-state index contributed by atoms with van der Waals surface area (Å²) in [6, 6.07) is 10.8. The Morgan fingerprint density at radius 1 is 1.12 bits per heavy atom. The molecule has 11 nitrogen and oxygen atoms in total. The predicted molar refractivity (Wildman–Crippen MR) is 121 cm³/mol. The zero-order chi connectivity index (χ0) is 23.7. The van der Waals surface area contributed by atoms with Crippen molar-refractivity contribution >= 4 is 45.6 Å². The summed E-state index contributed by atoms with van der Waals surface area (Å²) >= 11 is 1.10. The van der Waals surface area contributed by atoms with E-state index in [0.29, 0.717) is 21.8 Å². The van der Waals surface area contributed by atoms with Crippen molar-refractivity contribution in [3.8, 4) is 0 Å². The van der Waals surface area contributed by atoms with Crippen LogP contribution in [-0.4, -0.2) is 58.4 Å². The predicted octanol–water partition coefficient (Wildman–Crippen LogP) is 2.60. The van der Waals surface area contributed by atoms with E-state index >= 15 is 0 Å². The minimum Gasteiger partial charge on any atom is -0.372 e. The number of nitrogens with one attached hydrogen (secondary N) is 1. The van der Waals surface area contributed by atoms with Gasteiger partial charge in [-0.15, -0.1) is 10.2 Å². The number of imide groups is 1. The Morgan fingerprint density at radius 3 is 2.39 bits per heavy atom. The minimum atomic E-state index is -0.563. The van der Waals surface area contributed by atoms with Gasteiger partial charge in [0.2, 0.25) is 5.13 Å². The van der Waals surface area contributed by atoms with Crippen LogP contribution in [0.5, 0.6) is 0 Å². The lowest BCUT2D eigenvalue weighted by atomic mass is 10.1. The zero-order valence-electron chi connectivity index (χ0n) is 17.6. The standard InChI is InChI=1S/C21H18N6O5S/c1-25(2)15-8-7-12(11-16(15)27(31)32)18(28)22-21-24-23-17(33-21)9-10-26-19(29)13-5-3-4-6-14(13)20(26)30/h3-8,11H,9-10H2,1-2H3,(H,22,24,28). The Bertz CT molecular complexity index is 1250. The third-order valence-corrected chi connectivity index (χ3v) is 5.93. The fraction of sp³-hybridized carbons (Fsp3) is 0.190. The summed E-state index contributed by atoms with van der Waals surface area (Å²) in [5, 5.41) is 22.6. The number of nitrogens with zero attached hydrogens (tertiary/aromatic N) is 5. The highest BCUT2D eigenvalue weighted by Crippen LogP contribution is 2.28. The summed E-state index contributed by atoms with van der Waals surface area (Å²) in [6.45, 7) is 0.132. The largest absolute Gasteiger partial charge is 0.372 e. The normalized spacial score (nSPS) is 12.6. The molecule has 33 heavy (non-hydrogen) atoms. The van der Waals surface area contributed by atoms with E-state index in [4.69, 9.17) is 0 Å². The highest BCUT2D eigenvalue weighted by molar-refractivity contribution is 7.15. The van der Waals surface area contributed by atoms with Gasteiger partial charge in [0.1, 0.15) is 10.7 Å². The number of aromatic nitrogens is 2. The summed E-state index contributed by atoms with van der Waals surface area (Å²) in [6.07, 6.45) is 0.280. The molecule has 2 heterocycles. The van der Waals surface area contributed by atoms with Crippen molar-refractivity contribution in [3.05, 3.63) is 74.3 Å². The van der Waals surface area contributed by atoms with Crippen molar-refractivity contribution in [1.82, 2.24) is 15.1 Å². The molecule has 0 unspecified atom stereocenters. The fourth-order valence-electron chi connectivity index (χ4n) is 3.41. The molecule has 4 rings (SSSR count). The highest BCUT2D eigenvalue weighted by atomic mass is 32.1. The molecule has 1 N–H and O–H groups in total. The Kier molecular flexibility index (Phi) is 5.84. The Balaban J connectivity index is 1.41. The number of carbonyl (C=O) groups is 3. The van der Waals surface area contributed by atoms with Gasteiger partial charge in [-0.25, -0.2) is 0 Å². The van der Waals surface area contributed by atoms with Gasteiger partial charge in [-0.3, -0.25) is 34.7 Å². The first kappa shape index (κ1) is 22.0. The lowest BCUT2D eigenvalue weighted by Crippen LogP contribution is -2.31. The molecule has 1 aliphatic rings. The van der Waals surface area contributed by atoms with Crippen LogP contribution in [0.4, 0.5) is 16.5 Å². The van der Waals surface area contributed by atoms with E-state index in [0.717, 1.165) is 16.2 Å². The SMILES string of the molecule is CN(C)c1ccc(C(=O)Nc2nnc(CCN3C(=O)c4ccccc4C3=O)s2)cc1[N+](=O)[O-]. The smallest absolute Gasteiger partial charge is 0.293 e. The molecule has 168 valence electrons. The quantitative estimate of drug-likeness (QED) is 0.318. The molecule has 0 fully saturated rings. The van der Waals surface area contributed by atoms with E-state index in [9.17, 15) is 24.5 Å². The second-order valence-electron chi connectivity index (χ2n) is 7.37. The van der Waals surface area contributed by atoms with Crippen molar-refractivity contribution in [2.45, 2.75) is 6.42 Å². The lowest BCUT2D eigenvalue weighted by Gasteiger charge is -2.13. The van der Waals surface area contributed by atoms with Crippen LogP contribution < -0.4 is 10.2 Å². The first-order valence-corrected chi connectivity index (χ1v) is 10.6. The zero-order valence-corrected chi connectivity index (χ0v) is 18.5. The van der Waals surface area contributed by atoms with Gasteiger partial charge in [0, 0.05) is 38.7 Å². The number of amides is 3. The first-order valence-electron chi connectivity index (χ1n) is 9.81. The van der Waals surface area contributed by atoms with Crippen LogP contribution in [0, 0.1) is 10.1 Å². The minimum absolute atomic E-state index is 0.107. The molecule has 2 aromatic carbocycles. The first-order chi connectivity index (χ1) is 15.8. The lowest BCUT2D eigenvalue weighted by molar-refractivity contribution is -0.384. The summed E-state index contributed by atoms with van der Waals surface area (Å²) < 4.78 is 0. The fourth-order valence-corrected chi connectivity index (χ4v) is 4.14. The maximum atomic E-state index is 12.6. The van der Waals surface area contributed by atoms with Crippen LogP contribution in [0.15, 0.2) is 42.5 Å². The number of hydrogen-bond acceptors (Lipinski definition) is 9. The topological polar surface area (TPSA) is 139 Å². The van der Waals surface area contributed by atoms with E-state index in [-0.39, 0.29) is 41.2 Å². The molecule has 1 aliphatic heterocycles. The van der Waals surface area contributed by atoms with Gasteiger partial charge < -0.3 is 4.90 Å². The van der Waals surface area contributed by atoms with Gasteiger partial charge in [0.25, 0.3) is 23.4 Å². The average molecular weight is 466 g/mol. The number of nitro groups is 1. The molecule has 12 heteroatoms. The van der Waals surface area contributed by atoms with E-state index < -0.39 is 10.8 Å². The molecule has 0 atom stereocenters. The number of hydrogen-bond donors (Lipinski definition) is 1. The van der Waals surface area contributed by atoms with Crippen molar-refractivity contribution < 1.29 is 19.3 Å². The highest BCUT2D eigenvalue weighted by Gasteiger charge is 2.34. The number of carbonyl (C=O) groups excluding carboxylic acids is 3. The van der Waals surface area contributed by atoms with Crippen LogP contribution >= 0.6 is 11.3 Å². The molecule has 3 amide bonds. The van der Waals surface area contributed by atoms with Gasteiger partial charge in [0.05, 0.1) is 16.1 Å². The molecule has 0 bridgehead atoms. The van der Waals surface area contributed by atoms with Crippen molar-refractivity contribution in [2.24, 2.45) is 0 Å². The van der Waals surface area contributed by atoms with Crippen molar-refractivity contribution in [2.75, 3.05) is 30.9 Å². The summed E-state index contributed by atoms with van der Waals surface area (Å²) in [7, 11) is 3.35. The molecule has 0 saturated heterocycles. The second-order valence-corrected chi connectivity index (χ2v) is 8.43. The van der Waals surface area contributed by atoms with Gasteiger partial charge in [-0.2, -0.15) is 0 Å². The van der Waals surface area contributed by atoms with Gasteiger partial charge in [-0.05, 0) is 24.3 Å². The Morgan fingerprint density at radius 2 is 1.79 bits per heavy atom. The van der Waals surface area contributed by atoms with Crippen LogP contribution in [0.1, 0.15) is 36.1 Å². The third kappa shape index (κ3) is 4.28. The average Bonchev–Trinajstić information content (AvgIpc) is 3.34. The molecule has 1 aromatic heterocycles. The summed E-state index contributed by atoms with van der Waals surface area (Å²) in [5.74, 6) is -1.26. The molecule has 3 aromatic rings. The van der Waals surface area contributed by atoms with E-state index in [2.05, 4.69) is 15.5 Å². The molecule has 0 aliphatic carbocycles. The number of benzene rings is 2. The number of fused-ring (bicyclic) bond motifs is 1. The maximum Gasteiger partial charge on any atom is 0.293 e. The number of anilines is 2. The second kappa shape index (κ2) is 8.74. The van der Waals surface area contributed by atoms with Crippen LogP contribution in [0.2, 0.25) is 0 Å². The Labute approximate surface area is 191 Å². The Hall–Kier alpha value is -4.19. The summed E-state index contributed by atoms with van der Waals surface area (Å²) in [4.78, 5) is 51.0. The molecule has 0 radical (unpaired) electrons. The van der Waals surface area contributed by atoms with E-state index in [1.165, 1.54) is 18.2 Å².